The van der Waals surface area contributed by atoms with Crippen molar-refractivity contribution in [3.05, 3.63) is 22.5 Å². The Kier molecular flexibility index (Phi) is 4.72. The third kappa shape index (κ3) is 2.72. The Morgan fingerprint density at radius 3 is 2.72 bits per heavy atom. The molecule has 2 amide bonds. The summed E-state index contributed by atoms with van der Waals surface area (Å²) in [6.45, 7) is 10.7. The molecule has 4 rings (SSSR count). The minimum absolute atomic E-state index is 0.0486. The number of amides is 2. The fraction of sp³-hybridized carbons (Fsp3) is 0.667. The lowest BCUT2D eigenvalue weighted by Crippen LogP contribution is -2.51. The molecule has 29 heavy (non-hydrogen) atoms. The van der Waals surface area contributed by atoms with Crippen molar-refractivity contribution in [2.45, 2.75) is 65.3 Å². The number of aryl methyl sites for hydroxylation is 1. The number of hydrogen-bond acceptors (Lipinski definition) is 5. The van der Waals surface area contributed by atoms with Crippen LogP contribution in [0.2, 0.25) is 0 Å². The molecule has 0 radical (unpaired) electrons. The molecular weight excluding hydrogens is 374 g/mol. The van der Waals surface area contributed by atoms with Gasteiger partial charge in [-0.1, -0.05) is 13.8 Å². The van der Waals surface area contributed by atoms with E-state index in [2.05, 4.69) is 18.8 Å². The number of carbonyl (C=O) groups excluding carboxylic acids is 3. The second-order valence-electron chi connectivity index (χ2n) is 8.54. The molecule has 8 nitrogen and oxygen atoms in total. The number of esters is 1. The minimum Gasteiger partial charge on any atom is -0.462 e. The maximum atomic E-state index is 13.4. The first-order valence-corrected chi connectivity index (χ1v) is 10.4. The highest BCUT2D eigenvalue weighted by molar-refractivity contribution is 6.01. The van der Waals surface area contributed by atoms with E-state index in [1.807, 2.05) is 4.90 Å². The summed E-state index contributed by atoms with van der Waals surface area (Å²) in [6.07, 6.45) is 0.889. The summed E-state index contributed by atoms with van der Waals surface area (Å²) >= 11 is 0. The number of H-pyrrole nitrogens is 1. The van der Waals surface area contributed by atoms with Gasteiger partial charge in [-0.15, -0.1) is 0 Å². The van der Waals surface area contributed by atoms with Gasteiger partial charge in [0.1, 0.15) is 5.69 Å². The van der Waals surface area contributed by atoms with Gasteiger partial charge >= 0.3 is 5.97 Å². The van der Waals surface area contributed by atoms with Crippen LogP contribution in [0.1, 0.15) is 65.7 Å². The van der Waals surface area contributed by atoms with E-state index >= 15 is 0 Å². The van der Waals surface area contributed by atoms with Crippen LogP contribution in [0.15, 0.2) is 0 Å². The van der Waals surface area contributed by atoms with E-state index in [9.17, 15) is 14.4 Å². The maximum absolute atomic E-state index is 13.4. The SMILES string of the molecule is CCOC(=O)c1c(C)[nH]c(C(=O)N2CC[C@@]34OC[C@@H](C(C)C)N3C(=O)C[C@@H]24)c1C. The van der Waals surface area contributed by atoms with Crippen LogP contribution >= 0.6 is 0 Å². The van der Waals surface area contributed by atoms with Gasteiger partial charge in [0.15, 0.2) is 5.72 Å². The first-order valence-electron chi connectivity index (χ1n) is 10.4. The first kappa shape index (κ1) is 19.9. The molecule has 1 spiro atoms. The van der Waals surface area contributed by atoms with Crippen molar-refractivity contribution in [2.24, 2.45) is 5.92 Å². The van der Waals surface area contributed by atoms with E-state index < -0.39 is 11.7 Å². The number of rotatable bonds is 4. The lowest BCUT2D eigenvalue weighted by atomic mass is 10.0. The zero-order valence-electron chi connectivity index (χ0n) is 17.7. The molecule has 0 aliphatic carbocycles. The van der Waals surface area contributed by atoms with Gasteiger partial charge in [-0.3, -0.25) is 9.59 Å². The molecule has 1 aromatic heterocycles. The van der Waals surface area contributed by atoms with Crippen LogP contribution in [-0.4, -0.2) is 70.1 Å². The Morgan fingerprint density at radius 2 is 2.07 bits per heavy atom. The standard InChI is InChI=1S/C21H29N3O5/c1-6-28-20(27)17-12(4)18(22-13(17)5)19(26)23-8-7-21-15(23)9-16(25)24(21)14(10-29-21)11(2)3/h11,14-15,22H,6-10H2,1-5H3/t14-,15+,21-/m0/s1. The van der Waals surface area contributed by atoms with Crippen molar-refractivity contribution in [1.29, 1.82) is 0 Å². The Bertz CT molecular complexity index is 876. The van der Waals surface area contributed by atoms with E-state index in [-0.39, 0.29) is 36.9 Å². The topological polar surface area (TPSA) is 91.9 Å². The van der Waals surface area contributed by atoms with Gasteiger partial charge in [-0.25, -0.2) is 4.79 Å². The monoisotopic (exact) mass is 403 g/mol. The van der Waals surface area contributed by atoms with E-state index in [0.717, 1.165) is 0 Å². The number of nitrogens with zero attached hydrogens (tertiary/aromatic N) is 2. The molecule has 4 heterocycles. The zero-order valence-corrected chi connectivity index (χ0v) is 17.7. The summed E-state index contributed by atoms with van der Waals surface area (Å²) in [4.78, 5) is 45.2. The summed E-state index contributed by atoms with van der Waals surface area (Å²) in [5, 5.41) is 0. The van der Waals surface area contributed by atoms with Crippen molar-refractivity contribution in [3.8, 4) is 0 Å². The quantitative estimate of drug-likeness (QED) is 0.777. The lowest BCUT2D eigenvalue weighted by molar-refractivity contribution is -0.139. The van der Waals surface area contributed by atoms with Gasteiger partial charge in [0, 0.05) is 18.7 Å². The number of ether oxygens (including phenoxy) is 2. The van der Waals surface area contributed by atoms with Crippen LogP contribution in [-0.2, 0) is 14.3 Å². The smallest absolute Gasteiger partial charge is 0.340 e. The van der Waals surface area contributed by atoms with Gasteiger partial charge in [0.25, 0.3) is 5.91 Å². The average Bonchev–Trinajstić information content (AvgIpc) is 3.35. The van der Waals surface area contributed by atoms with Crippen LogP contribution in [0.3, 0.4) is 0 Å². The molecule has 0 bridgehead atoms. The second-order valence-corrected chi connectivity index (χ2v) is 8.54. The highest BCUT2D eigenvalue weighted by Gasteiger charge is 2.65. The molecule has 0 saturated carbocycles. The summed E-state index contributed by atoms with van der Waals surface area (Å²) in [5.74, 6) is -0.288. The summed E-state index contributed by atoms with van der Waals surface area (Å²) in [5.41, 5.74) is 1.28. The number of likely N-dealkylation sites (tertiary alicyclic amines) is 1. The van der Waals surface area contributed by atoms with E-state index in [0.29, 0.717) is 48.0 Å². The molecule has 0 unspecified atom stereocenters. The van der Waals surface area contributed by atoms with E-state index in [1.165, 1.54) is 0 Å². The Hall–Kier alpha value is -2.35. The molecule has 1 aromatic rings. The number of aromatic nitrogens is 1. The highest BCUT2D eigenvalue weighted by atomic mass is 16.5. The van der Waals surface area contributed by atoms with Crippen molar-refractivity contribution < 1.29 is 23.9 Å². The Balaban J connectivity index is 1.63. The third-order valence-corrected chi connectivity index (χ3v) is 6.65. The molecule has 3 atom stereocenters. The summed E-state index contributed by atoms with van der Waals surface area (Å²) < 4.78 is 11.3. The number of hydrogen-bond donors (Lipinski definition) is 1. The van der Waals surface area contributed by atoms with Gasteiger partial charge in [0.05, 0.1) is 37.3 Å². The van der Waals surface area contributed by atoms with Crippen LogP contribution in [0.4, 0.5) is 0 Å². The molecule has 8 heteroatoms. The Labute approximate surface area is 170 Å². The number of aromatic amines is 1. The van der Waals surface area contributed by atoms with Crippen molar-refractivity contribution in [1.82, 2.24) is 14.8 Å². The number of nitrogens with one attached hydrogen (secondary N) is 1. The van der Waals surface area contributed by atoms with Crippen LogP contribution < -0.4 is 0 Å². The normalized spacial score (nSPS) is 28.3. The molecule has 158 valence electrons. The van der Waals surface area contributed by atoms with Crippen molar-refractivity contribution in [3.63, 3.8) is 0 Å². The minimum atomic E-state index is -0.707. The predicted octanol–water partition coefficient (Wildman–Crippen LogP) is 2.01. The van der Waals surface area contributed by atoms with E-state index in [4.69, 9.17) is 9.47 Å². The fourth-order valence-electron chi connectivity index (χ4n) is 5.23. The molecule has 3 fully saturated rings. The summed E-state index contributed by atoms with van der Waals surface area (Å²) in [6, 6.07) is -0.257. The van der Waals surface area contributed by atoms with Gasteiger partial charge in [0.2, 0.25) is 5.91 Å². The van der Waals surface area contributed by atoms with Crippen molar-refractivity contribution in [2.75, 3.05) is 19.8 Å². The predicted molar refractivity (Wildman–Crippen MR) is 104 cm³/mol. The summed E-state index contributed by atoms with van der Waals surface area (Å²) in [7, 11) is 0. The molecule has 3 aliphatic heterocycles. The van der Waals surface area contributed by atoms with Crippen LogP contribution in [0.25, 0.3) is 0 Å². The fourth-order valence-corrected chi connectivity index (χ4v) is 5.23. The van der Waals surface area contributed by atoms with Crippen LogP contribution in [0, 0.1) is 19.8 Å². The highest BCUT2D eigenvalue weighted by Crippen LogP contribution is 2.49. The maximum Gasteiger partial charge on any atom is 0.340 e. The zero-order chi connectivity index (χ0) is 21.1. The average molecular weight is 403 g/mol. The molecule has 3 aliphatic rings. The van der Waals surface area contributed by atoms with Crippen molar-refractivity contribution >= 4 is 17.8 Å². The number of carbonyl (C=O) groups is 3. The van der Waals surface area contributed by atoms with Crippen LogP contribution in [0.5, 0.6) is 0 Å². The van der Waals surface area contributed by atoms with Gasteiger partial charge < -0.3 is 24.3 Å². The third-order valence-electron chi connectivity index (χ3n) is 6.65. The molecule has 0 aromatic carbocycles. The van der Waals surface area contributed by atoms with E-state index in [1.54, 1.807) is 25.7 Å². The molecule has 1 N–H and O–H groups in total. The Morgan fingerprint density at radius 1 is 1.34 bits per heavy atom. The van der Waals surface area contributed by atoms with Gasteiger partial charge in [-0.05, 0) is 32.3 Å². The van der Waals surface area contributed by atoms with Gasteiger partial charge in [-0.2, -0.15) is 0 Å². The first-order chi connectivity index (χ1) is 13.7. The second kappa shape index (κ2) is 6.86. The molecule has 3 saturated heterocycles. The largest absolute Gasteiger partial charge is 0.462 e. The lowest BCUT2D eigenvalue weighted by Gasteiger charge is -2.34. The molecular formula is C21H29N3O5.